The third-order valence-corrected chi connectivity index (χ3v) is 4.56. The van der Waals surface area contributed by atoms with Crippen molar-refractivity contribution in [2.45, 2.75) is 40.0 Å². The SMILES string of the molecule is C=C(C)c1ccc(NC(=O)OCCCOc2c(C#N)cccc2CC)cc1CC. The highest BCUT2D eigenvalue weighted by Crippen LogP contribution is 2.24. The van der Waals surface area contributed by atoms with Gasteiger partial charge in [0.05, 0.1) is 18.8 Å². The number of carbonyl (C=O) groups excluding carboxylic acids is 1. The molecule has 0 aliphatic rings. The van der Waals surface area contributed by atoms with Gasteiger partial charge in [0.15, 0.2) is 0 Å². The number of nitriles is 1. The number of hydrogen-bond donors (Lipinski definition) is 1. The predicted octanol–water partition coefficient (Wildman–Crippen LogP) is 5.73. The van der Waals surface area contributed by atoms with Crippen molar-refractivity contribution in [2.24, 2.45) is 0 Å². The van der Waals surface area contributed by atoms with Crippen molar-refractivity contribution in [3.05, 3.63) is 65.2 Å². The normalized spacial score (nSPS) is 10.1. The maximum atomic E-state index is 12.0. The number of hydrogen-bond acceptors (Lipinski definition) is 4. The van der Waals surface area contributed by atoms with E-state index in [4.69, 9.17) is 9.47 Å². The zero-order chi connectivity index (χ0) is 21.2. The fourth-order valence-electron chi connectivity index (χ4n) is 3.05. The molecule has 0 atom stereocenters. The molecule has 2 aromatic rings. The molecule has 1 amide bonds. The summed E-state index contributed by atoms with van der Waals surface area (Å²) >= 11 is 0. The minimum absolute atomic E-state index is 0.229. The van der Waals surface area contributed by atoms with E-state index in [0.29, 0.717) is 30.0 Å². The van der Waals surface area contributed by atoms with E-state index in [1.807, 2.05) is 44.2 Å². The van der Waals surface area contributed by atoms with E-state index in [-0.39, 0.29) is 6.61 Å². The van der Waals surface area contributed by atoms with Crippen molar-refractivity contribution in [3.63, 3.8) is 0 Å². The van der Waals surface area contributed by atoms with Gasteiger partial charge in [-0.1, -0.05) is 44.2 Å². The molecule has 0 heterocycles. The second-order valence-electron chi connectivity index (χ2n) is 6.73. The monoisotopic (exact) mass is 392 g/mol. The molecular formula is C24H28N2O3. The van der Waals surface area contributed by atoms with Crippen LogP contribution in [0.2, 0.25) is 0 Å². The summed E-state index contributed by atoms with van der Waals surface area (Å²) in [6.07, 6.45) is 1.68. The largest absolute Gasteiger partial charge is 0.492 e. The Labute approximate surface area is 173 Å². The Morgan fingerprint density at radius 3 is 2.55 bits per heavy atom. The predicted molar refractivity (Wildman–Crippen MR) is 116 cm³/mol. The Hall–Kier alpha value is -3.26. The first-order valence-corrected chi connectivity index (χ1v) is 9.87. The summed E-state index contributed by atoms with van der Waals surface area (Å²) in [5.41, 5.74) is 5.45. The van der Waals surface area contributed by atoms with Crippen LogP contribution in [0.5, 0.6) is 5.75 Å². The molecular weight excluding hydrogens is 364 g/mol. The topological polar surface area (TPSA) is 71.3 Å². The second kappa shape index (κ2) is 10.9. The van der Waals surface area contributed by atoms with Gasteiger partial charge < -0.3 is 9.47 Å². The molecule has 0 fully saturated rings. The smallest absolute Gasteiger partial charge is 0.411 e. The third-order valence-electron chi connectivity index (χ3n) is 4.56. The van der Waals surface area contributed by atoms with Crippen LogP contribution >= 0.6 is 0 Å². The van der Waals surface area contributed by atoms with Gasteiger partial charge in [0, 0.05) is 12.1 Å². The fourth-order valence-corrected chi connectivity index (χ4v) is 3.05. The van der Waals surface area contributed by atoms with Crippen LogP contribution in [-0.2, 0) is 17.6 Å². The molecule has 0 bridgehead atoms. The number of para-hydroxylation sites is 1. The van der Waals surface area contributed by atoms with Gasteiger partial charge in [0.2, 0.25) is 0 Å². The Kier molecular flexibility index (Phi) is 8.29. The van der Waals surface area contributed by atoms with E-state index in [9.17, 15) is 10.1 Å². The van der Waals surface area contributed by atoms with E-state index in [1.54, 1.807) is 6.07 Å². The highest BCUT2D eigenvalue weighted by Gasteiger charge is 2.09. The number of allylic oxidation sites excluding steroid dienone is 1. The van der Waals surface area contributed by atoms with E-state index in [0.717, 1.165) is 35.1 Å². The standard InChI is InChI=1S/C24H28N2O3/c1-5-18-9-7-10-20(16-25)23(18)28-13-8-14-29-24(27)26-21-11-12-22(17(3)4)19(6-2)15-21/h7,9-12,15H,3,5-6,8,13-14H2,1-2,4H3,(H,26,27). The lowest BCUT2D eigenvalue weighted by atomic mass is 9.99. The average molecular weight is 392 g/mol. The molecule has 0 aliphatic heterocycles. The summed E-state index contributed by atoms with van der Waals surface area (Å²) in [4.78, 5) is 12.0. The van der Waals surface area contributed by atoms with Crippen LogP contribution in [0.4, 0.5) is 10.5 Å². The first-order valence-electron chi connectivity index (χ1n) is 9.87. The van der Waals surface area contributed by atoms with Crippen molar-refractivity contribution in [1.82, 2.24) is 0 Å². The molecule has 5 heteroatoms. The summed E-state index contributed by atoms with van der Waals surface area (Å²) in [5.74, 6) is 0.617. The van der Waals surface area contributed by atoms with Crippen LogP contribution in [0.1, 0.15) is 49.4 Å². The molecule has 2 rings (SSSR count). The molecule has 5 nitrogen and oxygen atoms in total. The molecule has 0 saturated heterocycles. The van der Waals surface area contributed by atoms with Crippen LogP contribution in [0.3, 0.4) is 0 Å². The van der Waals surface area contributed by atoms with Gasteiger partial charge in [0.1, 0.15) is 11.8 Å². The van der Waals surface area contributed by atoms with Gasteiger partial charge in [-0.25, -0.2) is 4.79 Å². The summed E-state index contributed by atoms with van der Waals surface area (Å²) in [6, 6.07) is 13.4. The van der Waals surface area contributed by atoms with Crippen LogP contribution in [-0.4, -0.2) is 19.3 Å². The highest BCUT2D eigenvalue weighted by atomic mass is 16.5. The van der Waals surface area contributed by atoms with Crippen molar-refractivity contribution >= 4 is 17.4 Å². The number of aryl methyl sites for hydroxylation is 2. The molecule has 0 unspecified atom stereocenters. The Morgan fingerprint density at radius 1 is 1.14 bits per heavy atom. The number of ether oxygens (including phenoxy) is 2. The van der Waals surface area contributed by atoms with Crippen molar-refractivity contribution in [3.8, 4) is 11.8 Å². The number of benzene rings is 2. The Morgan fingerprint density at radius 2 is 1.90 bits per heavy atom. The minimum atomic E-state index is -0.498. The molecule has 0 aromatic heterocycles. The Bertz CT molecular complexity index is 913. The summed E-state index contributed by atoms with van der Waals surface area (Å²) in [6.45, 7) is 10.6. The van der Waals surface area contributed by atoms with E-state index in [1.165, 1.54) is 0 Å². The maximum absolute atomic E-state index is 12.0. The fraction of sp³-hybridized carbons (Fsp3) is 0.333. The van der Waals surface area contributed by atoms with Gasteiger partial charge in [-0.3, -0.25) is 5.32 Å². The lowest BCUT2D eigenvalue weighted by Crippen LogP contribution is -2.16. The third kappa shape index (κ3) is 6.11. The summed E-state index contributed by atoms with van der Waals surface area (Å²) in [7, 11) is 0. The lowest BCUT2D eigenvalue weighted by Gasteiger charge is -2.13. The van der Waals surface area contributed by atoms with Crippen molar-refractivity contribution in [2.75, 3.05) is 18.5 Å². The number of amides is 1. The number of carbonyl (C=O) groups is 1. The van der Waals surface area contributed by atoms with Crippen molar-refractivity contribution in [1.29, 1.82) is 5.26 Å². The maximum Gasteiger partial charge on any atom is 0.411 e. The number of nitrogens with zero attached hydrogens (tertiary/aromatic N) is 1. The minimum Gasteiger partial charge on any atom is -0.492 e. The highest BCUT2D eigenvalue weighted by molar-refractivity contribution is 5.85. The van der Waals surface area contributed by atoms with Gasteiger partial charge in [0.25, 0.3) is 0 Å². The average Bonchev–Trinajstić information content (AvgIpc) is 2.72. The van der Waals surface area contributed by atoms with Crippen LogP contribution < -0.4 is 10.1 Å². The first-order chi connectivity index (χ1) is 14.0. The zero-order valence-corrected chi connectivity index (χ0v) is 17.4. The summed E-state index contributed by atoms with van der Waals surface area (Å²) < 4.78 is 11.0. The molecule has 0 spiro atoms. The molecule has 0 saturated carbocycles. The quantitative estimate of drug-likeness (QED) is 0.553. The zero-order valence-electron chi connectivity index (χ0n) is 17.4. The molecule has 152 valence electrons. The summed E-state index contributed by atoms with van der Waals surface area (Å²) in [5, 5.41) is 12.0. The first kappa shape index (κ1) is 22.0. The molecule has 1 N–H and O–H groups in total. The number of anilines is 1. The van der Waals surface area contributed by atoms with Gasteiger partial charge >= 0.3 is 6.09 Å². The van der Waals surface area contributed by atoms with Crippen LogP contribution in [0.15, 0.2) is 43.0 Å². The molecule has 0 aliphatic carbocycles. The van der Waals surface area contributed by atoms with E-state index >= 15 is 0 Å². The van der Waals surface area contributed by atoms with E-state index < -0.39 is 6.09 Å². The van der Waals surface area contributed by atoms with Crippen LogP contribution in [0.25, 0.3) is 5.57 Å². The molecule has 29 heavy (non-hydrogen) atoms. The number of rotatable bonds is 9. The van der Waals surface area contributed by atoms with E-state index in [2.05, 4.69) is 24.9 Å². The molecule has 2 aromatic carbocycles. The van der Waals surface area contributed by atoms with Crippen LogP contribution in [0, 0.1) is 11.3 Å². The molecule has 0 radical (unpaired) electrons. The van der Waals surface area contributed by atoms with Gasteiger partial charge in [-0.15, -0.1) is 0 Å². The van der Waals surface area contributed by atoms with Gasteiger partial charge in [-0.05, 0) is 54.7 Å². The van der Waals surface area contributed by atoms with Crippen molar-refractivity contribution < 1.29 is 14.3 Å². The van der Waals surface area contributed by atoms with Gasteiger partial charge in [-0.2, -0.15) is 5.26 Å². The number of nitrogens with one attached hydrogen (secondary N) is 1. The Balaban J connectivity index is 1.81. The lowest BCUT2D eigenvalue weighted by molar-refractivity contribution is 0.151. The second-order valence-corrected chi connectivity index (χ2v) is 6.73.